The van der Waals surface area contributed by atoms with Gasteiger partial charge in [-0.05, 0) is 5.56 Å². The van der Waals surface area contributed by atoms with Crippen molar-refractivity contribution in [2.75, 3.05) is 14.2 Å². The predicted octanol–water partition coefficient (Wildman–Crippen LogP) is 3.37. The molecule has 0 saturated carbocycles. The van der Waals surface area contributed by atoms with Crippen molar-refractivity contribution < 1.29 is 14.3 Å². The van der Waals surface area contributed by atoms with Crippen molar-refractivity contribution >= 4 is 17.3 Å². The average molecular weight is 268 g/mol. The van der Waals surface area contributed by atoms with E-state index in [2.05, 4.69) is 0 Å². The third-order valence-corrected chi connectivity index (χ3v) is 2.92. The number of carbonyl (C=O) groups is 1. The van der Waals surface area contributed by atoms with E-state index in [-0.39, 0.29) is 0 Å². The minimum atomic E-state index is -0.420. The maximum atomic E-state index is 12.1. The van der Waals surface area contributed by atoms with Gasteiger partial charge in [0.15, 0.2) is 0 Å². The van der Waals surface area contributed by atoms with Crippen molar-refractivity contribution in [2.24, 2.45) is 0 Å². The van der Waals surface area contributed by atoms with Crippen molar-refractivity contribution in [2.45, 2.75) is 0 Å². The van der Waals surface area contributed by atoms with Gasteiger partial charge in [-0.15, -0.1) is 0 Å². The molecule has 2 aromatic carbocycles. The summed E-state index contributed by atoms with van der Waals surface area (Å²) in [6, 6.07) is 18.8. The molecule has 0 aliphatic rings. The summed E-state index contributed by atoms with van der Waals surface area (Å²) in [6.07, 6.45) is 0. The Kier molecular flexibility index (Phi) is 4.56. The number of ether oxygens (including phenoxy) is 2. The smallest absolute Gasteiger partial charge is 0.342 e. The highest BCUT2D eigenvalue weighted by Gasteiger charge is 2.20. The average Bonchev–Trinajstić information content (AvgIpc) is 2.53. The molecule has 0 heterocycles. The lowest BCUT2D eigenvalue weighted by Gasteiger charge is -2.13. The Bertz CT molecular complexity index is 601. The van der Waals surface area contributed by atoms with Crippen LogP contribution in [-0.2, 0) is 14.3 Å². The quantitative estimate of drug-likeness (QED) is 0.369. The molecule has 0 unspecified atom stereocenters. The molecule has 0 N–H and O–H groups in total. The van der Waals surface area contributed by atoms with Gasteiger partial charge in [-0.2, -0.15) is 0 Å². The van der Waals surface area contributed by atoms with Crippen molar-refractivity contribution in [3.63, 3.8) is 0 Å². The summed E-state index contributed by atoms with van der Waals surface area (Å²) in [5.74, 6) is 0.0838. The highest BCUT2D eigenvalue weighted by molar-refractivity contribution is 6.23. The van der Waals surface area contributed by atoms with E-state index in [0.29, 0.717) is 11.3 Å². The number of esters is 1. The molecule has 2 aromatic rings. The monoisotopic (exact) mass is 268 g/mol. The molecule has 20 heavy (non-hydrogen) atoms. The number of hydrogen-bond donors (Lipinski definition) is 0. The summed E-state index contributed by atoms with van der Waals surface area (Å²) in [4.78, 5) is 12.1. The standard InChI is InChI=1S/C17H16O3/c1-19-16(14-11-7-4-8-12-14)15(17(18)20-2)13-9-5-3-6-10-13/h3-12H,1-2H3/b16-15-. The van der Waals surface area contributed by atoms with Gasteiger partial charge in [-0.1, -0.05) is 60.7 Å². The van der Waals surface area contributed by atoms with E-state index in [1.807, 2.05) is 60.7 Å². The first kappa shape index (κ1) is 13.9. The molecule has 0 bridgehead atoms. The molecule has 3 heteroatoms. The summed E-state index contributed by atoms with van der Waals surface area (Å²) in [5.41, 5.74) is 2.01. The summed E-state index contributed by atoms with van der Waals surface area (Å²) >= 11 is 0. The van der Waals surface area contributed by atoms with E-state index in [9.17, 15) is 4.79 Å². The van der Waals surface area contributed by atoms with Crippen LogP contribution in [0.3, 0.4) is 0 Å². The molecule has 2 rings (SSSR count). The number of carbonyl (C=O) groups excluding carboxylic acids is 1. The lowest BCUT2D eigenvalue weighted by molar-refractivity contribution is -0.133. The van der Waals surface area contributed by atoms with Gasteiger partial charge >= 0.3 is 5.97 Å². The highest BCUT2D eigenvalue weighted by atomic mass is 16.5. The number of methoxy groups -OCH3 is 2. The molecular formula is C17H16O3. The Balaban J connectivity index is 2.64. The fourth-order valence-electron chi connectivity index (χ4n) is 2.00. The fourth-order valence-corrected chi connectivity index (χ4v) is 2.00. The van der Waals surface area contributed by atoms with Gasteiger partial charge in [0.1, 0.15) is 11.3 Å². The van der Waals surface area contributed by atoms with E-state index in [4.69, 9.17) is 9.47 Å². The Morgan fingerprint density at radius 2 is 1.25 bits per heavy atom. The number of rotatable bonds is 4. The van der Waals surface area contributed by atoms with Crippen molar-refractivity contribution in [3.8, 4) is 0 Å². The molecule has 0 saturated heterocycles. The van der Waals surface area contributed by atoms with E-state index in [0.717, 1.165) is 11.1 Å². The summed E-state index contributed by atoms with van der Waals surface area (Å²) in [7, 11) is 2.91. The first-order valence-corrected chi connectivity index (χ1v) is 6.25. The van der Waals surface area contributed by atoms with Crippen LogP contribution in [-0.4, -0.2) is 20.2 Å². The second-order valence-electron chi connectivity index (χ2n) is 4.13. The van der Waals surface area contributed by atoms with Crippen molar-refractivity contribution in [1.29, 1.82) is 0 Å². The highest BCUT2D eigenvalue weighted by Crippen LogP contribution is 2.27. The molecule has 0 radical (unpaired) electrons. The van der Waals surface area contributed by atoms with Crippen molar-refractivity contribution in [1.82, 2.24) is 0 Å². The van der Waals surface area contributed by atoms with Gasteiger partial charge in [0.05, 0.1) is 14.2 Å². The van der Waals surface area contributed by atoms with E-state index in [1.54, 1.807) is 7.11 Å². The zero-order chi connectivity index (χ0) is 14.4. The molecule has 0 spiro atoms. The van der Waals surface area contributed by atoms with Crippen LogP contribution in [0.4, 0.5) is 0 Å². The van der Waals surface area contributed by atoms with Gasteiger partial charge in [0.25, 0.3) is 0 Å². The van der Waals surface area contributed by atoms with Crippen LogP contribution in [0.2, 0.25) is 0 Å². The maximum Gasteiger partial charge on any atom is 0.342 e. The molecule has 0 amide bonds. The van der Waals surface area contributed by atoms with Gasteiger partial charge in [-0.25, -0.2) is 4.79 Å². The van der Waals surface area contributed by atoms with E-state index < -0.39 is 5.97 Å². The summed E-state index contributed by atoms with van der Waals surface area (Å²) in [6.45, 7) is 0. The Hall–Kier alpha value is -2.55. The lowest BCUT2D eigenvalue weighted by Crippen LogP contribution is -2.08. The maximum absolute atomic E-state index is 12.1. The fraction of sp³-hybridized carbons (Fsp3) is 0.118. The van der Waals surface area contributed by atoms with Gasteiger partial charge in [-0.3, -0.25) is 0 Å². The first-order valence-electron chi connectivity index (χ1n) is 6.25. The SMILES string of the molecule is COC(=O)/C(=C(\OC)c1ccccc1)c1ccccc1. The number of hydrogen-bond acceptors (Lipinski definition) is 3. The van der Waals surface area contributed by atoms with Crippen LogP contribution in [0.15, 0.2) is 60.7 Å². The normalized spacial score (nSPS) is 11.5. The van der Waals surface area contributed by atoms with Crippen LogP contribution in [0.5, 0.6) is 0 Å². The first-order chi connectivity index (χ1) is 9.77. The third-order valence-electron chi connectivity index (χ3n) is 2.92. The van der Waals surface area contributed by atoms with Crippen LogP contribution < -0.4 is 0 Å². The Morgan fingerprint density at radius 1 is 0.750 bits per heavy atom. The zero-order valence-electron chi connectivity index (χ0n) is 11.5. The number of benzene rings is 2. The minimum absolute atomic E-state index is 0.418. The second kappa shape index (κ2) is 6.57. The molecular weight excluding hydrogens is 252 g/mol. The molecule has 0 aromatic heterocycles. The summed E-state index contributed by atoms with van der Waals surface area (Å²) in [5, 5.41) is 0. The Labute approximate surface area is 118 Å². The van der Waals surface area contributed by atoms with Crippen LogP contribution in [0, 0.1) is 0 Å². The molecule has 0 fully saturated rings. The molecule has 0 aliphatic heterocycles. The van der Waals surface area contributed by atoms with Crippen LogP contribution in [0.1, 0.15) is 11.1 Å². The third kappa shape index (κ3) is 2.88. The minimum Gasteiger partial charge on any atom is -0.495 e. The Morgan fingerprint density at radius 3 is 1.70 bits per heavy atom. The molecule has 0 aliphatic carbocycles. The van der Waals surface area contributed by atoms with Gasteiger partial charge in [0.2, 0.25) is 0 Å². The second-order valence-corrected chi connectivity index (χ2v) is 4.13. The van der Waals surface area contributed by atoms with E-state index in [1.165, 1.54) is 7.11 Å². The van der Waals surface area contributed by atoms with Crippen molar-refractivity contribution in [3.05, 3.63) is 71.8 Å². The van der Waals surface area contributed by atoms with Crippen LogP contribution >= 0.6 is 0 Å². The van der Waals surface area contributed by atoms with Gasteiger partial charge < -0.3 is 9.47 Å². The van der Waals surface area contributed by atoms with Gasteiger partial charge in [0, 0.05) is 5.56 Å². The topological polar surface area (TPSA) is 35.5 Å². The molecule has 0 atom stereocenters. The van der Waals surface area contributed by atoms with E-state index >= 15 is 0 Å². The lowest BCUT2D eigenvalue weighted by atomic mass is 10.0. The molecule has 102 valence electrons. The summed E-state index contributed by atoms with van der Waals surface area (Å²) < 4.78 is 10.3. The predicted molar refractivity (Wildman–Crippen MR) is 78.7 cm³/mol. The molecule has 3 nitrogen and oxygen atoms in total. The van der Waals surface area contributed by atoms with Crippen LogP contribution in [0.25, 0.3) is 11.3 Å². The zero-order valence-corrected chi connectivity index (χ0v) is 11.5. The largest absolute Gasteiger partial charge is 0.495 e.